The molecule has 2 fully saturated rings. The molecule has 2 saturated heterocycles. The molecule has 2 bridgehead atoms. The maximum absolute atomic E-state index is 5.72. The van der Waals surface area contributed by atoms with Gasteiger partial charge in [-0.05, 0) is 37.6 Å². The van der Waals surface area contributed by atoms with Crippen LogP contribution in [0.3, 0.4) is 0 Å². The fourth-order valence-corrected chi connectivity index (χ4v) is 2.67. The summed E-state index contributed by atoms with van der Waals surface area (Å²) in [6.45, 7) is 3.23. The molecule has 2 heteroatoms. The first kappa shape index (κ1) is 7.56. The van der Waals surface area contributed by atoms with Gasteiger partial charge in [0.15, 0.2) is 0 Å². The molecule has 0 aromatic heterocycles. The fraction of sp³-hybridized carbons (Fsp3) is 1.00. The monoisotopic (exact) mass is 154 g/mol. The summed E-state index contributed by atoms with van der Waals surface area (Å²) in [4.78, 5) is 0. The zero-order chi connectivity index (χ0) is 7.84. The molecule has 2 aliphatic heterocycles. The number of hydrogen-bond donors (Lipinski definition) is 2. The molecule has 64 valence electrons. The molecule has 0 aliphatic carbocycles. The molecule has 0 spiro atoms. The minimum atomic E-state index is 0.780. The van der Waals surface area contributed by atoms with Crippen molar-refractivity contribution in [1.82, 2.24) is 5.32 Å². The zero-order valence-electron chi connectivity index (χ0n) is 7.22. The zero-order valence-corrected chi connectivity index (χ0v) is 7.22. The number of fused-ring (bicyclic) bond motifs is 2. The van der Waals surface area contributed by atoms with Crippen LogP contribution in [0.2, 0.25) is 0 Å². The van der Waals surface area contributed by atoms with E-state index in [0.29, 0.717) is 0 Å². The van der Waals surface area contributed by atoms with Crippen molar-refractivity contribution in [2.45, 2.75) is 38.3 Å². The lowest BCUT2D eigenvalue weighted by Gasteiger charge is -2.34. The van der Waals surface area contributed by atoms with Gasteiger partial charge >= 0.3 is 0 Å². The van der Waals surface area contributed by atoms with Crippen LogP contribution in [0.15, 0.2) is 0 Å². The van der Waals surface area contributed by atoms with E-state index in [-0.39, 0.29) is 0 Å². The molecule has 4 atom stereocenters. The Bertz CT molecular complexity index is 146. The number of nitrogens with one attached hydrogen (secondary N) is 1. The molecule has 3 N–H and O–H groups in total. The molecular weight excluding hydrogens is 136 g/mol. The van der Waals surface area contributed by atoms with Crippen LogP contribution < -0.4 is 11.1 Å². The van der Waals surface area contributed by atoms with Crippen molar-refractivity contribution in [3.63, 3.8) is 0 Å². The molecule has 2 heterocycles. The Morgan fingerprint density at radius 1 is 1.45 bits per heavy atom. The Kier molecular flexibility index (Phi) is 1.90. The van der Waals surface area contributed by atoms with E-state index >= 15 is 0 Å². The Hall–Kier alpha value is -0.0800. The van der Waals surface area contributed by atoms with Gasteiger partial charge in [-0.25, -0.2) is 0 Å². The molecule has 0 amide bonds. The van der Waals surface area contributed by atoms with E-state index in [9.17, 15) is 0 Å². The highest BCUT2D eigenvalue weighted by Crippen LogP contribution is 2.34. The number of nitrogens with two attached hydrogens (primary N) is 1. The molecule has 2 aliphatic rings. The lowest BCUT2D eigenvalue weighted by molar-refractivity contribution is 0.215. The summed E-state index contributed by atoms with van der Waals surface area (Å²) in [5.41, 5.74) is 5.72. The Labute approximate surface area is 68.5 Å². The van der Waals surface area contributed by atoms with Crippen molar-refractivity contribution < 1.29 is 0 Å². The topological polar surface area (TPSA) is 38.0 Å². The molecule has 2 rings (SSSR count). The van der Waals surface area contributed by atoms with Gasteiger partial charge in [0, 0.05) is 12.1 Å². The van der Waals surface area contributed by atoms with Crippen molar-refractivity contribution in [2.75, 3.05) is 6.54 Å². The SMILES string of the molecule is CC1C(CN)CC2CCC1N2. The second-order valence-electron chi connectivity index (χ2n) is 4.14. The summed E-state index contributed by atoms with van der Waals surface area (Å²) in [7, 11) is 0. The summed E-state index contributed by atoms with van der Waals surface area (Å²) in [6, 6.07) is 1.58. The molecule has 0 aromatic rings. The Balaban J connectivity index is 2.05. The van der Waals surface area contributed by atoms with E-state index in [4.69, 9.17) is 5.73 Å². The van der Waals surface area contributed by atoms with Crippen LogP contribution in [0.5, 0.6) is 0 Å². The standard InChI is InChI=1S/C9H18N2/c1-6-7(5-10)4-8-2-3-9(6)11-8/h6-9,11H,2-5,10H2,1H3. The predicted octanol–water partition coefficient (Wildman–Crippen LogP) is 0.722. The maximum Gasteiger partial charge on any atom is 0.00989 e. The van der Waals surface area contributed by atoms with Crippen molar-refractivity contribution in [2.24, 2.45) is 17.6 Å². The minimum absolute atomic E-state index is 0.780. The van der Waals surface area contributed by atoms with Gasteiger partial charge in [0.25, 0.3) is 0 Å². The Morgan fingerprint density at radius 2 is 2.27 bits per heavy atom. The average Bonchev–Trinajstić information content (AvgIpc) is 2.42. The summed E-state index contributed by atoms with van der Waals surface area (Å²) >= 11 is 0. The van der Waals surface area contributed by atoms with Crippen molar-refractivity contribution in [3.8, 4) is 0 Å². The van der Waals surface area contributed by atoms with Gasteiger partial charge in [0.05, 0.1) is 0 Å². The highest BCUT2D eigenvalue weighted by molar-refractivity contribution is 4.95. The van der Waals surface area contributed by atoms with Crippen molar-refractivity contribution in [1.29, 1.82) is 0 Å². The first-order chi connectivity index (χ1) is 5.31. The highest BCUT2D eigenvalue weighted by Gasteiger charge is 2.37. The molecule has 2 nitrogen and oxygen atoms in total. The third-order valence-corrected chi connectivity index (χ3v) is 3.54. The van der Waals surface area contributed by atoms with E-state index in [1.807, 2.05) is 0 Å². The van der Waals surface area contributed by atoms with E-state index in [1.165, 1.54) is 19.3 Å². The van der Waals surface area contributed by atoms with Crippen molar-refractivity contribution >= 4 is 0 Å². The predicted molar refractivity (Wildman–Crippen MR) is 46.3 cm³/mol. The van der Waals surface area contributed by atoms with E-state index in [1.54, 1.807) is 0 Å². The van der Waals surface area contributed by atoms with Crippen LogP contribution >= 0.6 is 0 Å². The van der Waals surface area contributed by atoms with Gasteiger partial charge in [-0.1, -0.05) is 6.92 Å². The summed E-state index contributed by atoms with van der Waals surface area (Å²) < 4.78 is 0. The largest absolute Gasteiger partial charge is 0.330 e. The summed E-state index contributed by atoms with van der Waals surface area (Å²) in [5, 5.41) is 3.65. The number of rotatable bonds is 1. The number of hydrogen-bond acceptors (Lipinski definition) is 2. The normalized spacial score (nSPS) is 49.6. The van der Waals surface area contributed by atoms with Gasteiger partial charge in [0.2, 0.25) is 0 Å². The van der Waals surface area contributed by atoms with Gasteiger partial charge in [-0.2, -0.15) is 0 Å². The average molecular weight is 154 g/mol. The van der Waals surface area contributed by atoms with Crippen LogP contribution in [0, 0.1) is 11.8 Å². The van der Waals surface area contributed by atoms with E-state index in [2.05, 4.69) is 12.2 Å². The molecule has 0 radical (unpaired) electrons. The van der Waals surface area contributed by atoms with Gasteiger partial charge in [-0.3, -0.25) is 0 Å². The van der Waals surface area contributed by atoms with Gasteiger partial charge in [-0.15, -0.1) is 0 Å². The van der Waals surface area contributed by atoms with E-state index in [0.717, 1.165) is 30.5 Å². The lowest BCUT2D eigenvalue weighted by atomic mass is 9.83. The maximum atomic E-state index is 5.72. The van der Waals surface area contributed by atoms with Gasteiger partial charge in [0.1, 0.15) is 0 Å². The summed E-state index contributed by atoms with van der Waals surface area (Å²) in [6.07, 6.45) is 4.07. The molecule has 0 saturated carbocycles. The summed E-state index contributed by atoms with van der Waals surface area (Å²) in [5.74, 6) is 1.59. The molecule has 4 unspecified atom stereocenters. The Morgan fingerprint density at radius 3 is 3.00 bits per heavy atom. The van der Waals surface area contributed by atoms with Crippen LogP contribution in [0.25, 0.3) is 0 Å². The van der Waals surface area contributed by atoms with Crippen LogP contribution in [-0.2, 0) is 0 Å². The first-order valence-corrected chi connectivity index (χ1v) is 4.77. The molecule has 0 aromatic carbocycles. The highest BCUT2D eigenvalue weighted by atomic mass is 15.0. The smallest absolute Gasteiger partial charge is 0.00989 e. The quantitative estimate of drug-likeness (QED) is 0.584. The third kappa shape index (κ3) is 1.18. The second kappa shape index (κ2) is 2.76. The van der Waals surface area contributed by atoms with Crippen LogP contribution in [0.4, 0.5) is 0 Å². The lowest BCUT2D eigenvalue weighted by Crippen LogP contribution is -2.46. The van der Waals surface area contributed by atoms with Crippen LogP contribution in [-0.4, -0.2) is 18.6 Å². The number of piperidine rings is 1. The third-order valence-electron chi connectivity index (χ3n) is 3.54. The molecular formula is C9H18N2. The van der Waals surface area contributed by atoms with Gasteiger partial charge < -0.3 is 11.1 Å². The van der Waals surface area contributed by atoms with Crippen molar-refractivity contribution in [3.05, 3.63) is 0 Å². The molecule has 11 heavy (non-hydrogen) atoms. The second-order valence-corrected chi connectivity index (χ2v) is 4.14. The minimum Gasteiger partial charge on any atom is -0.330 e. The fourth-order valence-electron chi connectivity index (χ4n) is 2.67. The van der Waals surface area contributed by atoms with E-state index < -0.39 is 0 Å². The first-order valence-electron chi connectivity index (χ1n) is 4.77. The van der Waals surface area contributed by atoms with Crippen LogP contribution in [0.1, 0.15) is 26.2 Å².